The summed E-state index contributed by atoms with van der Waals surface area (Å²) in [6.07, 6.45) is 3.29. The summed E-state index contributed by atoms with van der Waals surface area (Å²) in [5.41, 5.74) is 1.49. The Morgan fingerprint density at radius 2 is 2.10 bits per heavy atom. The Morgan fingerprint density at radius 3 is 2.75 bits per heavy atom. The fourth-order valence-electron chi connectivity index (χ4n) is 1.60. The van der Waals surface area contributed by atoms with E-state index in [0.29, 0.717) is 0 Å². The molecule has 0 spiro atoms. The highest BCUT2D eigenvalue weighted by Crippen LogP contribution is 2.29. The van der Waals surface area contributed by atoms with E-state index < -0.39 is 4.92 Å². The highest BCUT2D eigenvalue weighted by Gasteiger charge is 2.15. The average molecular weight is 358 g/mol. The van der Waals surface area contributed by atoms with Crippen LogP contribution < -0.4 is 4.74 Å². The predicted octanol–water partition coefficient (Wildman–Crippen LogP) is 4.07. The van der Waals surface area contributed by atoms with Gasteiger partial charge in [-0.05, 0) is 33.6 Å². The zero-order chi connectivity index (χ0) is 14.5. The molecule has 0 aliphatic rings. The fourth-order valence-corrected chi connectivity index (χ4v) is 2.18. The zero-order valence-corrected chi connectivity index (χ0v) is 12.6. The van der Waals surface area contributed by atoms with Crippen LogP contribution in [0.2, 0.25) is 0 Å². The lowest BCUT2D eigenvalue weighted by Crippen LogP contribution is -2.00. The van der Waals surface area contributed by atoms with Crippen LogP contribution in [0.1, 0.15) is 11.1 Å². The topological polar surface area (TPSA) is 65.3 Å². The highest BCUT2D eigenvalue weighted by molar-refractivity contribution is 9.10. The van der Waals surface area contributed by atoms with E-state index in [1.165, 1.54) is 6.07 Å². The number of ether oxygens (including phenoxy) is 1. The van der Waals surface area contributed by atoms with E-state index in [1.807, 2.05) is 6.07 Å². The molecule has 0 saturated carbocycles. The predicted molar refractivity (Wildman–Crippen MR) is 78.9 cm³/mol. The van der Waals surface area contributed by atoms with Crippen molar-refractivity contribution in [2.75, 3.05) is 0 Å². The Hall–Kier alpha value is -1.66. The smallest absolute Gasteiger partial charge is 0.310 e. The van der Waals surface area contributed by atoms with Gasteiger partial charge < -0.3 is 4.74 Å². The van der Waals surface area contributed by atoms with E-state index in [2.05, 4.69) is 20.9 Å². The molecule has 1 aromatic heterocycles. The number of nitro benzene ring substituents is 1. The number of alkyl halides is 1. The maximum Gasteiger partial charge on any atom is 0.310 e. The van der Waals surface area contributed by atoms with Crippen molar-refractivity contribution in [3.63, 3.8) is 0 Å². The quantitative estimate of drug-likeness (QED) is 0.459. The van der Waals surface area contributed by atoms with E-state index in [9.17, 15) is 10.1 Å². The Morgan fingerprint density at radius 1 is 1.30 bits per heavy atom. The van der Waals surface area contributed by atoms with Crippen molar-refractivity contribution in [3.8, 4) is 5.75 Å². The van der Waals surface area contributed by atoms with Crippen molar-refractivity contribution in [2.45, 2.75) is 12.5 Å². The number of hydrogen-bond acceptors (Lipinski definition) is 4. The maximum atomic E-state index is 11.0. The van der Waals surface area contributed by atoms with Crippen LogP contribution in [-0.2, 0) is 12.5 Å². The molecule has 2 rings (SSSR count). The number of benzene rings is 1. The molecule has 20 heavy (non-hydrogen) atoms. The largest absolute Gasteiger partial charge is 0.482 e. The van der Waals surface area contributed by atoms with E-state index in [1.54, 1.807) is 24.5 Å². The summed E-state index contributed by atoms with van der Waals surface area (Å²) in [6, 6.07) is 6.42. The summed E-state index contributed by atoms with van der Waals surface area (Å²) < 4.78 is 6.34. The number of pyridine rings is 1. The average Bonchev–Trinajstić information content (AvgIpc) is 2.44. The van der Waals surface area contributed by atoms with Crippen LogP contribution >= 0.6 is 27.5 Å². The first-order valence-corrected chi connectivity index (χ1v) is 6.98. The van der Waals surface area contributed by atoms with E-state index in [-0.39, 0.29) is 23.9 Å². The van der Waals surface area contributed by atoms with Crippen LogP contribution in [0.4, 0.5) is 5.69 Å². The lowest BCUT2D eigenvalue weighted by molar-refractivity contribution is -0.386. The number of hydrogen-bond donors (Lipinski definition) is 0. The van der Waals surface area contributed by atoms with Gasteiger partial charge in [-0.25, -0.2) is 0 Å². The molecular formula is C13H10BrClN2O3. The van der Waals surface area contributed by atoms with Crippen LogP contribution in [-0.4, -0.2) is 9.91 Å². The molecule has 5 nitrogen and oxygen atoms in total. The minimum Gasteiger partial charge on any atom is -0.482 e. The fraction of sp³-hybridized carbons (Fsp3) is 0.154. The first-order chi connectivity index (χ1) is 9.60. The summed E-state index contributed by atoms with van der Waals surface area (Å²) in [6.45, 7) is 0.193. The summed E-state index contributed by atoms with van der Waals surface area (Å²) in [7, 11) is 0. The van der Waals surface area contributed by atoms with E-state index in [4.69, 9.17) is 16.3 Å². The van der Waals surface area contributed by atoms with Crippen LogP contribution in [0.25, 0.3) is 0 Å². The number of nitrogens with zero attached hydrogens (tertiary/aromatic N) is 2. The lowest BCUT2D eigenvalue weighted by atomic mass is 10.2. The molecule has 0 bridgehead atoms. The molecule has 104 valence electrons. The molecule has 0 N–H and O–H groups in total. The van der Waals surface area contributed by atoms with Gasteiger partial charge in [0.25, 0.3) is 0 Å². The van der Waals surface area contributed by atoms with Gasteiger partial charge in [-0.3, -0.25) is 15.1 Å². The zero-order valence-electron chi connectivity index (χ0n) is 10.3. The van der Waals surface area contributed by atoms with Gasteiger partial charge in [-0.2, -0.15) is 0 Å². The lowest BCUT2D eigenvalue weighted by Gasteiger charge is -2.08. The van der Waals surface area contributed by atoms with Crippen molar-refractivity contribution in [2.24, 2.45) is 0 Å². The van der Waals surface area contributed by atoms with Gasteiger partial charge in [0.05, 0.1) is 4.92 Å². The monoisotopic (exact) mass is 356 g/mol. The van der Waals surface area contributed by atoms with Crippen molar-refractivity contribution in [1.29, 1.82) is 0 Å². The Bertz CT molecular complexity index is 637. The molecule has 0 amide bonds. The molecule has 0 unspecified atom stereocenters. The Balaban J connectivity index is 2.21. The molecule has 2 aromatic rings. The van der Waals surface area contributed by atoms with E-state index >= 15 is 0 Å². The molecule has 7 heteroatoms. The van der Waals surface area contributed by atoms with Gasteiger partial charge in [0.15, 0.2) is 5.75 Å². The number of rotatable bonds is 5. The molecule has 0 aliphatic carbocycles. The first-order valence-electron chi connectivity index (χ1n) is 5.65. The second-order valence-electron chi connectivity index (χ2n) is 3.99. The van der Waals surface area contributed by atoms with Gasteiger partial charge in [-0.1, -0.05) is 6.07 Å². The number of aromatic nitrogens is 1. The van der Waals surface area contributed by atoms with Crippen molar-refractivity contribution in [1.82, 2.24) is 4.98 Å². The van der Waals surface area contributed by atoms with Crippen molar-refractivity contribution < 1.29 is 9.66 Å². The highest BCUT2D eigenvalue weighted by atomic mass is 79.9. The van der Waals surface area contributed by atoms with Gasteiger partial charge in [0, 0.05) is 34.4 Å². The van der Waals surface area contributed by atoms with Gasteiger partial charge in [0.2, 0.25) is 0 Å². The third-order valence-corrected chi connectivity index (χ3v) is 3.27. The van der Waals surface area contributed by atoms with Crippen LogP contribution in [0.15, 0.2) is 41.1 Å². The molecule has 0 aliphatic heterocycles. The third-order valence-electron chi connectivity index (χ3n) is 2.53. The minimum absolute atomic E-state index is 0.0816. The molecule has 0 radical (unpaired) electrons. The second-order valence-corrected chi connectivity index (χ2v) is 5.18. The molecule has 0 saturated heterocycles. The maximum absolute atomic E-state index is 11.0. The summed E-state index contributed by atoms with van der Waals surface area (Å²) in [5.74, 6) is 0.473. The third kappa shape index (κ3) is 3.68. The van der Waals surface area contributed by atoms with Crippen LogP contribution in [0.3, 0.4) is 0 Å². The molecule has 1 heterocycles. The molecular weight excluding hydrogens is 348 g/mol. The van der Waals surface area contributed by atoms with Crippen molar-refractivity contribution >= 4 is 33.2 Å². The number of halogens is 2. The SMILES string of the molecule is O=[N+]([O-])c1ccc(CCl)cc1OCc1cncc(Br)c1. The molecule has 1 aromatic carbocycles. The summed E-state index contributed by atoms with van der Waals surface area (Å²) in [4.78, 5) is 14.5. The molecule has 0 atom stereocenters. The van der Waals surface area contributed by atoms with Crippen molar-refractivity contribution in [3.05, 3.63) is 62.4 Å². The van der Waals surface area contributed by atoms with Crippen LogP contribution in [0.5, 0.6) is 5.75 Å². The Labute approximate surface area is 128 Å². The summed E-state index contributed by atoms with van der Waals surface area (Å²) >= 11 is 9.03. The van der Waals surface area contributed by atoms with Gasteiger partial charge >= 0.3 is 5.69 Å². The minimum atomic E-state index is -0.480. The second kappa shape index (κ2) is 6.67. The molecule has 0 fully saturated rings. The van der Waals surface area contributed by atoms with E-state index in [0.717, 1.165) is 15.6 Å². The van der Waals surface area contributed by atoms with Gasteiger partial charge in [0.1, 0.15) is 6.61 Å². The Kier molecular flexibility index (Phi) is 4.92. The number of nitro groups is 1. The standard InChI is InChI=1S/C13H10BrClN2O3/c14-11-3-10(6-16-7-11)8-20-13-4-9(5-15)1-2-12(13)17(18)19/h1-4,6-7H,5,8H2. The van der Waals surface area contributed by atoms with Crippen LogP contribution in [0, 0.1) is 10.1 Å². The normalized spacial score (nSPS) is 10.3. The summed E-state index contributed by atoms with van der Waals surface area (Å²) in [5, 5.41) is 11.0. The van der Waals surface area contributed by atoms with Gasteiger partial charge in [-0.15, -0.1) is 11.6 Å². The first kappa shape index (κ1) is 14.7.